The third-order valence-electron chi connectivity index (χ3n) is 3.75. The van der Waals surface area contributed by atoms with Gasteiger partial charge in [0.1, 0.15) is 5.75 Å². The highest BCUT2D eigenvalue weighted by Gasteiger charge is 2.06. The highest BCUT2D eigenvalue weighted by molar-refractivity contribution is 7.16. The number of benzene rings is 2. The van der Waals surface area contributed by atoms with Crippen LogP contribution in [0.25, 0.3) is 28.0 Å². The van der Waals surface area contributed by atoms with E-state index in [9.17, 15) is 4.79 Å². The largest absolute Gasteiger partial charge is 0.423 e. The molecule has 5 nitrogen and oxygen atoms in total. The Morgan fingerprint density at radius 2 is 1.78 bits per heavy atom. The lowest BCUT2D eigenvalue weighted by atomic mass is 10.2. The number of hydrogen-bond donors (Lipinski definition) is 0. The van der Waals surface area contributed by atoms with E-state index in [1.165, 1.54) is 12.5 Å². The van der Waals surface area contributed by atoms with Gasteiger partial charge < -0.3 is 9.15 Å². The highest BCUT2D eigenvalue weighted by Crippen LogP contribution is 2.28. The van der Waals surface area contributed by atoms with Crippen LogP contribution in [0.2, 0.25) is 0 Å². The second-order valence-electron chi connectivity index (χ2n) is 5.59. The molecule has 0 aliphatic heterocycles. The molecule has 0 amide bonds. The van der Waals surface area contributed by atoms with Crippen LogP contribution in [0, 0.1) is 0 Å². The summed E-state index contributed by atoms with van der Waals surface area (Å²) in [6.45, 7) is 0. The summed E-state index contributed by atoms with van der Waals surface area (Å²) in [6.07, 6.45) is 4.45. The number of esters is 1. The predicted molar refractivity (Wildman–Crippen MR) is 104 cm³/mol. The molecule has 0 saturated carbocycles. The van der Waals surface area contributed by atoms with E-state index in [1.807, 2.05) is 30.3 Å². The fraction of sp³-hybridized carbons (Fsp3) is 0. The Bertz CT molecular complexity index is 1050. The third kappa shape index (κ3) is 4.19. The fourth-order valence-corrected chi connectivity index (χ4v) is 3.38. The van der Waals surface area contributed by atoms with Crippen molar-refractivity contribution in [3.8, 4) is 27.6 Å². The minimum atomic E-state index is -0.435. The topological polar surface area (TPSA) is 65.2 Å². The Kier molecular flexibility index (Phi) is 4.89. The molecular formula is C21H14N2O3S. The Labute approximate surface area is 159 Å². The van der Waals surface area contributed by atoms with Gasteiger partial charge in [-0.3, -0.25) is 0 Å². The number of thiophene rings is 1. The molecule has 6 heteroatoms. The molecule has 4 aromatic rings. The first-order valence-electron chi connectivity index (χ1n) is 8.20. The van der Waals surface area contributed by atoms with Gasteiger partial charge in [-0.05, 0) is 48.0 Å². The third-order valence-corrected chi connectivity index (χ3v) is 4.85. The Morgan fingerprint density at radius 3 is 2.52 bits per heavy atom. The van der Waals surface area contributed by atoms with E-state index in [-0.39, 0.29) is 0 Å². The molecule has 0 bridgehead atoms. The normalized spacial score (nSPS) is 11.0. The molecule has 0 radical (unpaired) electrons. The summed E-state index contributed by atoms with van der Waals surface area (Å²) >= 11 is 1.62. The van der Waals surface area contributed by atoms with Gasteiger partial charge in [0, 0.05) is 21.4 Å². The summed E-state index contributed by atoms with van der Waals surface area (Å²) in [4.78, 5) is 14.2. The minimum Gasteiger partial charge on any atom is -0.423 e. The second kappa shape index (κ2) is 7.80. The zero-order chi connectivity index (χ0) is 18.5. The maximum absolute atomic E-state index is 12.0. The van der Waals surface area contributed by atoms with E-state index < -0.39 is 5.97 Å². The molecule has 0 saturated heterocycles. The van der Waals surface area contributed by atoms with Crippen LogP contribution in [-0.2, 0) is 4.79 Å². The molecule has 0 spiro atoms. The van der Waals surface area contributed by atoms with Crippen molar-refractivity contribution in [3.05, 3.63) is 84.1 Å². The number of nitrogens with zero attached hydrogens (tertiary/aromatic N) is 2. The molecule has 0 aliphatic carbocycles. The van der Waals surface area contributed by atoms with Crippen molar-refractivity contribution < 1.29 is 13.9 Å². The summed E-state index contributed by atoms with van der Waals surface area (Å²) in [5.74, 6) is 0.430. The van der Waals surface area contributed by atoms with Gasteiger partial charge in [0.05, 0.1) is 0 Å². The van der Waals surface area contributed by atoms with Crippen LogP contribution in [0.15, 0.2) is 83.6 Å². The molecule has 2 heterocycles. The molecule has 4 rings (SSSR count). The highest BCUT2D eigenvalue weighted by atomic mass is 32.1. The summed E-state index contributed by atoms with van der Waals surface area (Å²) in [5, 5.41) is 7.46. The van der Waals surface area contributed by atoms with Crippen molar-refractivity contribution in [2.24, 2.45) is 0 Å². The average molecular weight is 374 g/mol. The smallest absolute Gasteiger partial charge is 0.336 e. The van der Waals surface area contributed by atoms with Crippen LogP contribution in [0.4, 0.5) is 0 Å². The van der Waals surface area contributed by atoms with E-state index in [4.69, 9.17) is 9.15 Å². The molecule has 0 aliphatic rings. The number of rotatable bonds is 5. The molecule has 0 N–H and O–H groups in total. The molecule has 132 valence electrons. The van der Waals surface area contributed by atoms with Gasteiger partial charge in [0.2, 0.25) is 12.3 Å². The molecule has 27 heavy (non-hydrogen) atoms. The standard InChI is InChI=1S/C21H14N2O3S/c24-20(26-17-8-6-16(7-9-17)21-23-22-14-25-21)13-11-18-10-12-19(27-18)15-4-2-1-3-5-15/h1-14H/b13-11+. The van der Waals surface area contributed by atoms with Crippen molar-refractivity contribution in [2.45, 2.75) is 0 Å². The molecule has 2 aromatic heterocycles. The van der Waals surface area contributed by atoms with Gasteiger partial charge in [0.25, 0.3) is 0 Å². The second-order valence-corrected chi connectivity index (χ2v) is 6.71. The van der Waals surface area contributed by atoms with Gasteiger partial charge in [-0.2, -0.15) is 0 Å². The number of carbonyl (C=O) groups excluding carboxylic acids is 1. The van der Waals surface area contributed by atoms with Crippen LogP contribution < -0.4 is 4.74 Å². The number of hydrogen-bond acceptors (Lipinski definition) is 6. The van der Waals surface area contributed by atoms with E-state index in [0.29, 0.717) is 11.6 Å². The monoisotopic (exact) mass is 374 g/mol. The Balaban J connectivity index is 1.38. The van der Waals surface area contributed by atoms with E-state index in [2.05, 4.69) is 22.3 Å². The van der Waals surface area contributed by atoms with E-state index in [0.717, 1.165) is 20.9 Å². The number of carbonyl (C=O) groups is 1. The Hall–Kier alpha value is -3.51. The predicted octanol–water partition coefficient (Wildman–Crippen LogP) is 5.08. The number of ether oxygens (including phenoxy) is 1. The quantitative estimate of drug-likeness (QED) is 0.277. The first-order valence-corrected chi connectivity index (χ1v) is 9.01. The van der Waals surface area contributed by atoms with Crippen LogP contribution in [0.1, 0.15) is 4.88 Å². The Morgan fingerprint density at radius 1 is 0.963 bits per heavy atom. The summed E-state index contributed by atoms with van der Waals surface area (Å²) in [7, 11) is 0. The summed E-state index contributed by atoms with van der Waals surface area (Å²) < 4.78 is 10.4. The summed E-state index contributed by atoms with van der Waals surface area (Å²) in [6, 6.07) is 21.0. The molecular weight excluding hydrogens is 360 g/mol. The first kappa shape index (κ1) is 16.9. The lowest BCUT2D eigenvalue weighted by Gasteiger charge is -2.01. The fourth-order valence-electron chi connectivity index (χ4n) is 2.46. The van der Waals surface area contributed by atoms with Crippen LogP contribution in [-0.4, -0.2) is 16.2 Å². The van der Waals surface area contributed by atoms with E-state index in [1.54, 1.807) is 41.7 Å². The molecule has 2 aromatic carbocycles. The molecule has 0 atom stereocenters. The maximum atomic E-state index is 12.0. The average Bonchev–Trinajstić information content (AvgIpc) is 3.40. The lowest BCUT2D eigenvalue weighted by molar-refractivity contribution is -0.128. The maximum Gasteiger partial charge on any atom is 0.336 e. The molecule has 0 unspecified atom stereocenters. The van der Waals surface area contributed by atoms with Crippen LogP contribution in [0.3, 0.4) is 0 Å². The van der Waals surface area contributed by atoms with Gasteiger partial charge >= 0.3 is 5.97 Å². The SMILES string of the molecule is O=C(/C=C/c1ccc(-c2ccccc2)s1)Oc1ccc(-c2nnco2)cc1. The number of aromatic nitrogens is 2. The minimum absolute atomic E-state index is 0.416. The van der Waals surface area contributed by atoms with Crippen LogP contribution in [0.5, 0.6) is 5.75 Å². The first-order chi connectivity index (χ1) is 13.3. The van der Waals surface area contributed by atoms with E-state index >= 15 is 0 Å². The van der Waals surface area contributed by atoms with Crippen molar-refractivity contribution in [3.63, 3.8) is 0 Å². The van der Waals surface area contributed by atoms with Gasteiger partial charge in [-0.15, -0.1) is 21.5 Å². The van der Waals surface area contributed by atoms with Crippen molar-refractivity contribution in [2.75, 3.05) is 0 Å². The van der Waals surface area contributed by atoms with Gasteiger partial charge in [-0.1, -0.05) is 30.3 Å². The van der Waals surface area contributed by atoms with Gasteiger partial charge in [-0.25, -0.2) is 4.79 Å². The van der Waals surface area contributed by atoms with Crippen molar-refractivity contribution in [1.82, 2.24) is 10.2 Å². The van der Waals surface area contributed by atoms with Crippen LogP contribution >= 0.6 is 11.3 Å². The zero-order valence-electron chi connectivity index (χ0n) is 14.1. The van der Waals surface area contributed by atoms with Crippen molar-refractivity contribution >= 4 is 23.4 Å². The molecule has 0 fully saturated rings. The summed E-state index contributed by atoms with van der Waals surface area (Å²) in [5.41, 5.74) is 1.92. The van der Waals surface area contributed by atoms with Gasteiger partial charge in [0.15, 0.2) is 0 Å². The lowest BCUT2D eigenvalue weighted by Crippen LogP contribution is -2.03. The zero-order valence-corrected chi connectivity index (χ0v) is 14.9. The van der Waals surface area contributed by atoms with Crippen molar-refractivity contribution in [1.29, 1.82) is 0 Å².